The van der Waals surface area contributed by atoms with Gasteiger partial charge in [-0.3, -0.25) is 4.79 Å². The van der Waals surface area contributed by atoms with Gasteiger partial charge < -0.3 is 15.1 Å². The summed E-state index contributed by atoms with van der Waals surface area (Å²) in [6.07, 6.45) is 10.6. The van der Waals surface area contributed by atoms with Gasteiger partial charge in [0.2, 0.25) is 11.9 Å². The zero-order valence-electron chi connectivity index (χ0n) is 17.8. The van der Waals surface area contributed by atoms with Crippen molar-refractivity contribution >= 4 is 11.9 Å². The van der Waals surface area contributed by atoms with Gasteiger partial charge in [0.05, 0.1) is 0 Å². The molecule has 1 aromatic carbocycles. The van der Waals surface area contributed by atoms with Crippen LogP contribution in [0.1, 0.15) is 38.5 Å². The van der Waals surface area contributed by atoms with Crippen LogP contribution < -0.4 is 10.2 Å². The monoisotopic (exact) mass is 407 g/mol. The van der Waals surface area contributed by atoms with Crippen molar-refractivity contribution in [3.05, 3.63) is 42.7 Å². The molecular weight excluding hydrogens is 374 g/mol. The summed E-state index contributed by atoms with van der Waals surface area (Å²) in [5, 5.41) is 3.16. The van der Waals surface area contributed by atoms with Crippen LogP contribution >= 0.6 is 0 Å². The molecule has 2 aliphatic rings. The van der Waals surface area contributed by atoms with E-state index in [-0.39, 0.29) is 11.8 Å². The lowest BCUT2D eigenvalue weighted by Gasteiger charge is -2.31. The number of aromatic nitrogens is 2. The Labute approximate surface area is 179 Å². The Bertz CT molecular complexity index is 781. The number of hydrogen-bond acceptors (Lipinski definition) is 5. The second kappa shape index (κ2) is 10.5. The second-order valence-corrected chi connectivity index (χ2v) is 8.45. The van der Waals surface area contributed by atoms with E-state index in [0.29, 0.717) is 0 Å². The summed E-state index contributed by atoms with van der Waals surface area (Å²) < 4.78 is 0. The molecular formula is C24H33N5O. The van der Waals surface area contributed by atoms with Gasteiger partial charge in [0, 0.05) is 43.5 Å². The van der Waals surface area contributed by atoms with Crippen molar-refractivity contribution in [3.8, 4) is 11.1 Å². The largest absolute Gasteiger partial charge is 0.356 e. The number of nitrogens with one attached hydrogen (secondary N) is 1. The quantitative estimate of drug-likeness (QED) is 0.713. The predicted octanol–water partition coefficient (Wildman–Crippen LogP) is 3.35. The number of likely N-dealkylation sites (tertiary alicyclic amines) is 1. The predicted molar refractivity (Wildman–Crippen MR) is 120 cm³/mol. The van der Waals surface area contributed by atoms with Gasteiger partial charge in [-0.15, -0.1) is 0 Å². The number of piperidine rings is 2. The van der Waals surface area contributed by atoms with Crippen LogP contribution in [0.25, 0.3) is 11.1 Å². The molecule has 0 bridgehead atoms. The van der Waals surface area contributed by atoms with E-state index in [1.807, 2.05) is 30.6 Å². The number of anilines is 1. The molecule has 0 radical (unpaired) electrons. The number of amides is 1. The third kappa shape index (κ3) is 5.57. The summed E-state index contributed by atoms with van der Waals surface area (Å²) in [6.45, 7) is 6.00. The highest BCUT2D eigenvalue weighted by atomic mass is 16.1. The van der Waals surface area contributed by atoms with Gasteiger partial charge in [0.1, 0.15) is 0 Å². The Balaban J connectivity index is 1.18. The van der Waals surface area contributed by atoms with Crippen LogP contribution in [-0.4, -0.2) is 60.0 Å². The third-order valence-electron chi connectivity index (χ3n) is 6.29. The van der Waals surface area contributed by atoms with Crippen molar-refractivity contribution < 1.29 is 4.79 Å². The van der Waals surface area contributed by atoms with Crippen LogP contribution in [0.4, 0.5) is 5.95 Å². The highest BCUT2D eigenvalue weighted by Crippen LogP contribution is 2.23. The molecule has 1 N–H and O–H groups in total. The van der Waals surface area contributed by atoms with Crippen molar-refractivity contribution in [2.45, 2.75) is 38.5 Å². The second-order valence-electron chi connectivity index (χ2n) is 8.45. The van der Waals surface area contributed by atoms with E-state index in [0.717, 1.165) is 62.5 Å². The maximum absolute atomic E-state index is 12.5. The molecule has 6 heteroatoms. The van der Waals surface area contributed by atoms with Crippen molar-refractivity contribution in [1.82, 2.24) is 20.2 Å². The number of hydrogen-bond donors (Lipinski definition) is 1. The molecule has 1 amide bonds. The van der Waals surface area contributed by atoms with Crippen LogP contribution in [0.15, 0.2) is 42.7 Å². The summed E-state index contributed by atoms with van der Waals surface area (Å²) in [5.74, 6) is 1.09. The maximum atomic E-state index is 12.5. The van der Waals surface area contributed by atoms with Gasteiger partial charge in [-0.25, -0.2) is 9.97 Å². The maximum Gasteiger partial charge on any atom is 0.225 e. The molecule has 3 heterocycles. The number of carbonyl (C=O) groups is 1. The zero-order chi connectivity index (χ0) is 20.6. The molecule has 0 spiro atoms. The van der Waals surface area contributed by atoms with Crippen LogP contribution in [0.2, 0.25) is 0 Å². The number of rotatable bonds is 7. The first-order chi connectivity index (χ1) is 14.8. The first-order valence-corrected chi connectivity index (χ1v) is 11.4. The first-order valence-electron chi connectivity index (χ1n) is 11.4. The van der Waals surface area contributed by atoms with Gasteiger partial charge in [0.25, 0.3) is 0 Å². The first kappa shape index (κ1) is 20.8. The average Bonchev–Trinajstić information content (AvgIpc) is 2.83. The minimum atomic E-state index is 0.111. The van der Waals surface area contributed by atoms with E-state index >= 15 is 0 Å². The lowest BCUT2D eigenvalue weighted by molar-refractivity contribution is -0.125. The molecule has 1 aromatic heterocycles. The number of benzene rings is 1. The highest BCUT2D eigenvalue weighted by Gasteiger charge is 2.26. The van der Waals surface area contributed by atoms with Crippen LogP contribution in [-0.2, 0) is 4.79 Å². The fraction of sp³-hybridized carbons (Fsp3) is 0.542. The lowest BCUT2D eigenvalue weighted by atomic mass is 9.96. The van der Waals surface area contributed by atoms with Gasteiger partial charge in [-0.2, -0.15) is 0 Å². The molecule has 160 valence electrons. The van der Waals surface area contributed by atoms with Gasteiger partial charge >= 0.3 is 0 Å². The van der Waals surface area contributed by atoms with Crippen LogP contribution in [0, 0.1) is 5.92 Å². The molecule has 2 fully saturated rings. The minimum Gasteiger partial charge on any atom is -0.356 e. The van der Waals surface area contributed by atoms with Crippen molar-refractivity contribution in [2.24, 2.45) is 5.92 Å². The Kier molecular flexibility index (Phi) is 7.29. The fourth-order valence-electron chi connectivity index (χ4n) is 4.45. The summed E-state index contributed by atoms with van der Waals surface area (Å²) in [6, 6.07) is 10.2. The van der Waals surface area contributed by atoms with Crippen molar-refractivity contribution in [1.29, 1.82) is 0 Å². The minimum absolute atomic E-state index is 0.111. The molecule has 2 aromatic rings. The fourth-order valence-corrected chi connectivity index (χ4v) is 4.45. The normalized spacial score (nSPS) is 18.3. The third-order valence-corrected chi connectivity index (χ3v) is 6.29. The Hall–Kier alpha value is -2.47. The SMILES string of the molecule is O=C(NCCCN1CCCCC1)C1CCN(c2ncc(-c3ccccc3)cn2)CC1. The molecule has 2 saturated heterocycles. The molecule has 0 unspecified atom stereocenters. The Morgan fingerprint density at radius 1 is 0.933 bits per heavy atom. The van der Waals surface area contributed by atoms with Gasteiger partial charge in [-0.1, -0.05) is 36.8 Å². The van der Waals surface area contributed by atoms with Crippen LogP contribution in [0.5, 0.6) is 0 Å². The number of carbonyl (C=O) groups excluding carboxylic acids is 1. The van der Waals surface area contributed by atoms with Crippen LogP contribution in [0.3, 0.4) is 0 Å². The molecule has 4 rings (SSSR count). The molecule has 0 saturated carbocycles. The lowest BCUT2D eigenvalue weighted by Crippen LogP contribution is -2.41. The van der Waals surface area contributed by atoms with E-state index < -0.39 is 0 Å². The molecule has 0 aliphatic carbocycles. The Morgan fingerprint density at radius 2 is 1.63 bits per heavy atom. The smallest absolute Gasteiger partial charge is 0.225 e. The van der Waals surface area contributed by atoms with E-state index in [9.17, 15) is 4.79 Å². The topological polar surface area (TPSA) is 61.4 Å². The van der Waals surface area contributed by atoms with E-state index in [4.69, 9.17) is 0 Å². The summed E-state index contributed by atoms with van der Waals surface area (Å²) in [5.41, 5.74) is 2.15. The van der Waals surface area contributed by atoms with E-state index in [1.54, 1.807) is 0 Å². The van der Waals surface area contributed by atoms with Gasteiger partial charge in [0.15, 0.2) is 0 Å². The summed E-state index contributed by atoms with van der Waals surface area (Å²) in [7, 11) is 0. The van der Waals surface area contributed by atoms with Crippen molar-refractivity contribution in [3.63, 3.8) is 0 Å². The molecule has 2 aliphatic heterocycles. The highest BCUT2D eigenvalue weighted by molar-refractivity contribution is 5.78. The molecule has 6 nitrogen and oxygen atoms in total. The van der Waals surface area contributed by atoms with E-state index in [1.165, 1.54) is 32.4 Å². The Morgan fingerprint density at radius 3 is 2.33 bits per heavy atom. The molecule has 30 heavy (non-hydrogen) atoms. The average molecular weight is 408 g/mol. The standard InChI is InChI=1S/C24H33N5O/c30-23(25-12-7-15-28-13-5-2-6-14-28)21-10-16-29(17-11-21)24-26-18-22(19-27-24)20-8-3-1-4-9-20/h1,3-4,8-9,18-19,21H,2,5-7,10-17H2,(H,25,30). The zero-order valence-corrected chi connectivity index (χ0v) is 17.8. The summed E-state index contributed by atoms with van der Waals surface area (Å²) in [4.78, 5) is 26.4. The number of nitrogens with zero attached hydrogens (tertiary/aromatic N) is 4. The molecule has 0 atom stereocenters. The summed E-state index contributed by atoms with van der Waals surface area (Å²) >= 11 is 0. The van der Waals surface area contributed by atoms with E-state index in [2.05, 4.69) is 37.2 Å². The van der Waals surface area contributed by atoms with Crippen molar-refractivity contribution in [2.75, 3.05) is 44.2 Å². The van der Waals surface area contributed by atoms with Gasteiger partial charge in [-0.05, 0) is 57.3 Å².